The summed E-state index contributed by atoms with van der Waals surface area (Å²) in [6.45, 7) is 0.661. The summed E-state index contributed by atoms with van der Waals surface area (Å²) in [4.78, 5) is 6.99. The fourth-order valence-corrected chi connectivity index (χ4v) is 6.49. The van der Waals surface area contributed by atoms with Gasteiger partial charge in [0.1, 0.15) is 17.4 Å². The molecule has 3 heterocycles. The van der Waals surface area contributed by atoms with Crippen LogP contribution < -0.4 is 0 Å². The van der Waals surface area contributed by atoms with Gasteiger partial charge < -0.3 is 9.64 Å². The van der Waals surface area contributed by atoms with Crippen LogP contribution in [-0.4, -0.2) is 16.6 Å². The van der Waals surface area contributed by atoms with E-state index >= 15 is 0 Å². The van der Waals surface area contributed by atoms with E-state index < -0.39 is 7.29 Å². The predicted octanol–water partition coefficient (Wildman–Crippen LogP) is 7.80. The SMILES string of the molecule is O=P1(N=C2N=C3C=CC(I)=CN3Cc3ccccc32)C=C(c2ccccc2)OC(c2ccccc2)=C1. The summed E-state index contributed by atoms with van der Waals surface area (Å²) in [5.41, 5.74) is 3.63. The van der Waals surface area contributed by atoms with E-state index in [0.29, 0.717) is 23.9 Å². The molecule has 0 spiro atoms. The molecule has 3 aliphatic rings. The van der Waals surface area contributed by atoms with Crippen LogP contribution in [0.3, 0.4) is 0 Å². The van der Waals surface area contributed by atoms with E-state index in [-0.39, 0.29) is 0 Å². The minimum Gasteiger partial charge on any atom is -0.456 e. The maximum absolute atomic E-state index is 14.5. The van der Waals surface area contributed by atoms with Gasteiger partial charge in [-0.05, 0) is 40.3 Å². The monoisotopic (exact) mass is 601 g/mol. The van der Waals surface area contributed by atoms with Gasteiger partial charge in [0.15, 0.2) is 5.84 Å². The Morgan fingerprint density at radius 2 is 1.44 bits per heavy atom. The molecule has 0 aliphatic carbocycles. The second-order valence-electron chi connectivity index (χ2n) is 8.52. The van der Waals surface area contributed by atoms with Crippen molar-refractivity contribution in [2.45, 2.75) is 6.54 Å². The molecule has 176 valence electrons. The number of fused-ring (bicyclic) bond motifs is 2. The van der Waals surface area contributed by atoms with E-state index in [1.165, 1.54) is 0 Å². The highest BCUT2D eigenvalue weighted by Crippen LogP contribution is 2.58. The summed E-state index contributed by atoms with van der Waals surface area (Å²) >= 11 is 2.30. The van der Waals surface area contributed by atoms with Crippen molar-refractivity contribution in [1.29, 1.82) is 0 Å². The summed E-state index contributed by atoms with van der Waals surface area (Å²) in [5.74, 6) is 5.56. The van der Waals surface area contributed by atoms with E-state index in [4.69, 9.17) is 14.5 Å². The Kier molecular flexibility index (Phi) is 6.07. The van der Waals surface area contributed by atoms with Gasteiger partial charge in [-0.3, -0.25) is 4.57 Å². The standard InChI is InChI=1S/C29H21IN3O2P/c30-24-15-16-28-31-29(25-14-8-7-13-23(25)17-33(28)18-24)32-36(34)19-26(21-9-3-1-4-10-21)35-27(20-36)22-11-5-2-6-12-22/h1-16,18-20H,17H2. The van der Waals surface area contributed by atoms with Crippen molar-refractivity contribution in [2.75, 3.05) is 0 Å². The second-order valence-corrected chi connectivity index (χ2v) is 11.8. The second kappa shape index (κ2) is 9.52. The topological polar surface area (TPSA) is 54.3 Å². The van der Waals surface area contributed by atoms with Crippen molar-refractivity contribution < 1.29 is 9.30 Å². The van der Waals surface area contributed by atoms with Gasteiger partial charge in [0.25, 0.3) is 0 Å². The molecule has 0 fully saturated rings. The van der Waals surface area contributed by atoms with Gasteiger partial charge in [0, 0.05) is 44.6 Å². The van der Waals surface area contributed by atoms with Crippen LogP contribution in [0, 0.1) is 0 Å². The lowest BCUT2D eigenvalue weighted by molar-refractivity contribution is 0.469. The predicted molar refractivity (Wildman–Crippen MR) is 155 cm³/mol. The Hall–Kier alpha value is -3.48. The number of ether oxygens (including phenoxy) is 1. The summed E-state index contributed by atoms with van der Waals surface area (Å²) in [6.07, 6.45) is 6.05. The lowest BCUT2D eigenvalue weighted by Crippen LogP contribution is -2.24. The van der Waals surface area contributed by atoms with Gasteiger partial charge >= 0.3 is 0 Å². The van der Waals surface area contributed by atoms with Crippen LogP contribution >= 0.6 is 29.9 Å². The molecule has 7 heteroatoms. The first-order chi connectivity index (χ1) is 17.6. The Labute approximate surface area is 223 Å². The number of hydrogen-bond donors (Lipinski definition) is 0. The Bertz CT molecular complexity index is 1510. The third-order valence-electron chi connectivity index (χ3n) is 5.98. The average Bonchev–Trinajstić information content (AvgIpc) is 3.05. The largest absolute Gasteiger partial charge is 0.456 e. The Balaban J connectivity index is 1.53. The molecule has 3 aliphatic heterocycles. The summed E-state index contributed by atoms with van der Waals surface area (Å²) in [5, 5.41) is 0. The molecule has 0 radical (unpaired) electrons. The molecule has 0 N–H and O–H groups in total. The first-order valence-corrected chi connectivity index (χ1v) is 14.4. The number of nitrogens with zero attached hydrogens (tertiary/aromatic N) is 3. The molecule has 0 aromatic heterocycles. The van der Waals surface area contributed by atoms with Crippen LogP contribution in [-0.2, 0) is 15.8 Å². The van der Waals surface area contributed by atoms with Crippen LogP contribution in [0.15, 0.2) is 128 Å². The molecule has 0 saturated heterocycles. The van der Waals surface area contributed by atoms with Crippen LogP contribution in [0.5, 0.6) is 0 Å². The third kappa shape index (κ3) is 4.66. The van der Waals surface area contributed by atoms with Crippen molar-refractivity contribution >= 4 is 53.1 Å². The van der Waals surface area contributed by atoms with Gasteiger partial charge in [-0.1, -0.05) is 84.9 Å². The van der Waals surface area contributed by atoms with Crippen LogP contribution in [0.4, 0.5) is 0 Å². The molecule has 0 unspecified atom stereocenters. The van der Waals surface area contributed by atoms with Gasteiger partial charge in [0.2, 0.25) is 7.29 Å². The molecule has 0 atom stereocenters. The van der Waals surface area contributed by atoms with E-state index in [0.717, 1.165) is 31.7 Å². The van der Waals surface area contributed by atoms with Crippen LogP contribution in [0.2, 0.25) is 0 Å². The average molecular weight is 601 g/mol. The summed E-state index contributed by atoms with van der Waals surface area (Å²) in [7, 11) is -3.39. The van der Waals surface area contributed by atoms with E-state index in [2.05, 4.69) is 39.8 Å². The maximum atomic E-state index is 14.5. The van der Waals surface area contributed by atoms with E-state index in [9.17, 15) is 4.57 Å². The van der Waals surface area contributed by atoms with Crippen LogP contribution in [0.25, 0.3) is 11.5 Å². The molecular formula is C29H21IN3O2P. The van der Waals surface area contributed by atoms with Crippen molar-refractivity contribution in [3.63, 3.8) is 0 Å². The number of aliphatic imine (C=N–C) groups is 1. The fourth-order valence-electron chi connectivity index (χ4n) is 4.26. The lowest BCUT2D eigenvalue weighted by atomic mass is 10.1. The smallest absolute Gasteiger partial charge is 0.242 e. The zero-order valence-corrected chi connectivity index (χ0v) is 22.2. The first-order valence-electron chi connectivity index (χ1n) is 11.5. The molecule has 0 bridgehead atoms. The molecular weight excluding hydrogens is 580 g/mol. The molecule has 36 heavy (non-hydrogen) atoms. The number of amidine groups is 2. The van der Waals surface area contributed by atoms with E-state index in [1.54, 1.807) is 11.6 Å². The van der Waals surface area contributed by atoms with Crippen molar-refractivity contribution in [2.24, 2.45) is 9.76 Å². The molecule has 0 amide bonds. The fraction of sp³-hybridized carbons (Fsp3) is 0.0345. The van der Waals surface area contributed by atoms with Crippen molar-refractivity contribution in [3.05, 3.63) is 141 Å². The normalized spacial score (nSPS) is 19.1. The number of halogens is 1. The highest BCUT2D eigenvalue weighted by atomic mass is 127. The van der Waals surface area contributed by atoms with E-state index in [1.807, 2.05) is 91.0 Å². The zero-order valence-electron chi connectivity index (χ0n) is 19.2. The Morgan fingerprint density at radius 1 is 0.833 bits per heavy atom. The highest BCUT2D eigenvalue weighted by molar-refractivity contribution is 14.1. The molecule has 0 saturated carbocycles. The highest BCUT2D eigenvalue weighted by Gasteiger charge is 2.29. The zero-order chi connectivity index (χ0) is 24.5. The molecule has 5 nitrogen and oxygen atoms in total. The Morgan fingerprint density at radius 3 is 2.11 bits per heavy atom. The number of allylic oxidation sites excluding steroid dienone is 2. The minimum atomic E-state index is -3.39. The number of hydrogen-bond acceptors (Lipinski definition) is 3. The van der Waals surface area contributed by atoms with Gasteiger partial charge in [0.05, 0.1) is 0 Å². The molecule has 6 rings (SSSR count). The molecule has 3 aromatic carbocycles. The number of benzene rings is 3. The summed E-state index contributed by atoms with van der Waals surface area (Å²) in [6, 6.07) is 27.4. The van der Waals surface area contributed by atoms with Crippen molar-refractivity contribution in [3.8, 4) is 0 Å². The minimum absolute atomic E-state index is 0.454. The number of rotatable bonds is 3. The van der Waals surface area contributed by atoms with Gasteiger partial charge in [-0.15, -0.1) is 0 Å². The van der Waals surface area contributed by atoms with Gasteiger partial charge in [-0.25, -0.2) is 4.99 Å². The quantitative estimate of drug-likeness (QED) is 0.228. The van der Waals surface area contributed by atoms with Gasteiger partial charge in [-0.2, -0.15) is 4.76 Å². The summed E-state index contributed by atoms with van der Waals surface area (Å²) < 4.78 is 26.7. The lowest BCUT2D eigenvalue weighted by Gasteiger charge is -2.21. The third-order valence-corrected chi connectivity index (χ3v) is 8.33. The van der Waals surface area contributed by atoms with Crippen molar-refractivity contribution in [1.82, 2.24) is 4.90 Å². The molecule has 3 aromatic rings. The van der Waals surface area contributed by atoms with Crippen LogP contribution in [0.1, 0.15) is 22.3 Å². The first kappa shape index (κ1) is 23.0. The maximum Gasteiger partial charge on any atom is 0.242 e.